The second kappa shape index (κ2) is 12.1. The van der Waals surface area contributed by atoms with Gasteiger partial charge in [-0.3, -0.25) is 4.99 Å². The molecule has 1 saturated carbocycles. The van der Waals surface area contributed by atoms with Gasteiger partial charge in [0.15, 0.2) is 5.96 Å². The Morgan fingerprint density at radius 2 is 2.16 bits per heavy atom. The van der Waals surface area contributed by atoms with E-state index in [-0.39, 0.29) is 24.0 Å². The fourth-order valence-electron chi connectivity index (χ4n) is 2.49. The van der Waals surface area contributed by atoms with Crippen molar-refractivity contribution in [1.82, 2.24) is 15.2 Å². The molecule has 0 unspecified atom stereocenters. The van der Waals surface area contributed by atoms with E-state index in [1.165, 1.54) is 28.4 Å². The Balaban J connectivity index is 0.00000312. The highest BCUT2D eigenvalue weighted by atomic mass is 127. The summed E-state index contributed by atoms with van der Waals surface area (Å²) in [7, 11) is 2.07. The lowest BCUT2D eigenvalue weighted by molar-refractivity contribution is 0.115. The smallest absolute Gasteiger partial charge is 0.193 e. The molecule has 0 radical (unpaired) electrons. The summed E-state index contributed by atoms with van der Waals surface area (Å²) in [5, 5.41) is 4.56. The molecule has 7 heteroatoms. The van der Waals surface area contributed by atoms with Crippen molar-refractivity contribution in [1.29, 1.82) is 0 Å². The summed E-state index contributed by atoms with van der Waals surface area (Å²) in [5.41, 5.74) is 1.23. The third kappa shape index (κ3) is 8.21. The monoisotopic (exact) mass is 480 g/mol. The van der Waals surface area contributed by atoms with Crippen LogP contribution in [0.2, 0.25) is 0 Å². The topological polar surface area (TPSA) is 49.8 Å². The maximum Gasteiger partial charge on any atom is 0.193 e. The Labute approximate surface area is 173 Å². The van der Waals surface area contributed by atoms with E-state index in [0.29, 0.717) is 0 Å². The molecule has 1 aliphatic carbocycles. The number of nitrogens with zero attached hydrogens (tertiary/aromatic N) is 3. The van der Waals surface area contributed by atoms with Gasteiger partial charge in [-0.2, -0.15) is 0 Å². The SMILES string of the molecule is CCNC(=NCCc1nc(CC)c(C)s1)N(C)CCOCC1CC1.I. The number of aromatic nitrogens is 1. The zero-order chi connectivity index (χ0) is 17.4. The van der Waals surface area contributed by atoms with Crippen LogP contribution in [-0.2, 0) is 17.6 Å². The number of hydrogen-bond donors (Lipinski definition) is 1. The van der Waals surface area contributed by atoms with Gasteiger partial charge in [-0.15, -0.1) is 35.3 Å². The Morgan fingerprint density at radius 1 is 1.40 bits per heavy atom. The largest absolute Gasteiger partial charge is 0.379 e. The quantitative estimate of drug-likeness (QED) is 0.241. The van der Waals surface area contributed by atoms with Gasteiger partial charge < -0.3 is 15.0 Å². The molecule has 1 N–H and O–H groups in total. The molecule has 2 rings (SSSR count). The van der Waals surface area contributed by atoms with Gasteiger partial charge in [0.25, 0.3) is 0 Å². The van der Waals surface area contributed by atoms with Crippen LogP contribution >= 0.6 is 35.3 Å². The van der Waals surface area contributed by atoms with Crippen LogP contribution in [0.25, 0.3) is 0 Å². The summed E-state index contributed by atoms with van der Waals surface area (Å²) >= 11 is 1.80. The highest BCUT2D eigenvalue weighted by molar-refractivity contribution is 14.0. The highest BCUT2D eigenvalue weighted by Gasteiger charge is 2.21. The first-order valence-corrected chi connectivity index (χ1v) is 9.98. The average molecular weight is 480 g/mol. The van der Waals surface area contributed by atoms with Gasteiger partial charge in [-0.05, 0) is 39.0 Å². The van der Waals surface area contributed by atoms with Crippen LogP contribution in [0.5, 0.6) is 0 Å². The molecule has 1 fully saturated rings. The van der Waals surface area contributed by atoms with E-state index >= 15 is 0 Å². The normalized spacial score (nSPS) is 14.3. The van der Waals surface area contributed by atoms with Gasteiger partial charge in [0.05, 0.1) is 17.3 Å². The number of nitrogens with one attached hydrogen (secondary N) is 1. The molecular formula is C18H33IN4OS. The van der Waals surface area contributed by atoms with Crippen LogP contribution in [-0.4, -0.2) is 55.7 Å². The first kappa shape index (κ1) is 22.6. The molecule has 0 spiro atoms. The molecule has 1 aliphatic rings. The standard InChI is InChI=1S/C18H32N4OS.HI/c1-5-16-14(3)24-17(21-16)9-10-20-18(19-6-2)22(4)11-12-23-13-15-7-8-15;/h15H,5-13H2,1-4H3,(H,19,20);1H. The summed E-state index contributed by atoms with van der Waals surface area (Å²) in [6, 6.07) is 0. The Bertz CT molecular complexity index is 531. The van der Waals surface area contributed by atoms with E-state index in [1.54, 1.807) is 11.3 Å². The summed E-state index contributed by atoms with van der Waals surface area (Å²) in [4.78, 5) is 12.9. The van der Waals surface area contributed by atoms with Crippen molar-refractivity contribution in [2.75, 3.05) is 39.9 Å². The minimum Gasteiger partial charge on any atom is -0.379 e. The molecule has 0 bridgehead atoms. The summed E-state index contributed by atoms with van der Waals surface area (Å²) in [6.45, 7) is 10.6. The van der Waals surface area contributed by atoms with Crippen LogP contribution in [0.1, 0.15) is 42.3 Å². The first-order chi connectivity index (χ1) is 11.6. The number of ether oxygens (including phenoxy) is 1. The third-order valence-corrected chi connectivity index (χ3v) is 5.25. The van der Waals surface area contributed by atoms with Crippen LogP contribution < -0.4 is 5.32 Å². The molecule has 0 atom stereocenters. The summed E-state index contributed by atoms with van der Waals surface area (Å²) in [5.74, 6) is 1.78. The second-order valence-corrected chi connectivity index (χ2v) is 7.68. The fourth-order valence-corrected chi connectivity index (χ4v) is 3.50. The van der Waals surface area contributed by atoms with Crippen LogP contribution in [0.4, 0.5) is 0 Å². The number of guanidine groups is 1. The number of aryl methyl sites for hydroxylation is 2. The zero-order valence-corrected chi connectivity index (χ0v) is 19.2. The first-order valence-electron chi connectivity index (χ1n) is 9.16. The van der Waals surface area contributed by atoms with Gasteiger partial charge in [0.2, 0.25) is 0 Å². The molecule has 0 aliphatic heterocycles. The molecule has 0 amide bonds. The van der Waals surface area contributed by atoms with Gasteiger partial charge >= 0.3 is 0 Å². The van der Waals surface area contributed by atoms with E-state index in [1.807, 2.05) is 0 Å². The number of halogens is 1. The van der Waals surface area contributed by atoms with Crippen molar-refractivity contribution < 1.29 is 4.74 Å². The molecule has 144 valence electrons. The van der Waals surface area contributed by atoms with E-state index < -0.39 is 0 Å². The molecule has 1 aromatic rings. The van der Waals surface area contributed by atoms with Crippen LogP contribution in [0.15, 0.2) is 4.99 Å². The van der Waals surface area contributed by atoms with E-state index in [0.717, 1.165) is 57.6 Å². The average Bonchev–Trinajstić information content (AvgIpc) is 3.32. The van der Waals surface area contributed by atoms with Crippen molar-refractivity contribution in [3.63, 3.8) is 0 Å². The predicted molar refractivity (Wildman–Crippen MR) is 117 cm³/mol. The predicted octanol–water partition coefficient (Wildman–Crippen LogP) is 3.50. The maximum atomic E-state index is 5.73. The van der Waals surface area contributed by atoms with Crippen molar-refractivity contribution in [2.45, 2.75) is 46.5 Å². The minimum absolute atomic E-state index is 0. The van der Waals surface area contributed by atoms with E-state index in [2.05, 4.69) is 38.0 Å². The summed E-state index contributed by atoms with van der Waals surface area (Å²) in [6.07, 6.45) is 4.61. The fraction of sp³-hybridized carbons (Fsp3) is 0.778. The molecule has 25 heavy (non-hydrogen) atoms. The Hall–Kier alpha value is -0.410. The number of rotatable bonds is 10. The lowest BCUT2D eigenvalue weighted by atomic mass is 10.3. The maximum absolute atomic E-state index is 5.73. The van der Waals surface area contributed by atoms with Crippen molar-refractivity contribution >= 4 is 41.3 Å². The number of likely N-dealkylation sites (N-methyl/N-ethyl adjacent to an activating group) is 1. The van der Waals surface area contributed by atoms with Crippen molar-refractivity contribution in [3.8, 4) is 0 Å². The lowest BCUT2D eigenvalue weighted by Gasteiger charge is -2.22. The number of thiazole rings is 1. The van der Waals surface area contributed by atoms with Gasteiger partial charge in [-0.1, -0.05) is 6.92 Å². The minimum atomic E-state index is 0. The van der Waals surface area contributed by atoms with Crippen molar-refractivity contribution in [2.24, 2.45) is 10.9 Å². The Kier molecular flexibility index (Phi) is 10.9. The van der Waals surface area contributed by atoms with Crippen LogP contribution in [0, 0.1) is 12.8 Å². The number of aliphatic imine (C=N–C) groups is 1. The van der Waals surface area contributed by atoms with E-state index in [9.17, 15) is 0 Å². The Morgan fingerprint density at radius 3 is 2.76 bits per heavy atom. The number of hydrogen-bond acceptors (Lipinski definition) is 4. The van der Waals surface area contributed by atoms with Gasteiger partial charge in [-0.25, -0.2) is 4.98 Å². The highest BCUT2D eigenvalue weighted by Crippen LogP contribution is 2.28. The zero-order valence-electron chi connectivity index (χ0n) is 16.0. The molecule has 0 saturated heterocycles. The van der Waals surface area contributed by atoms with E-state index in [4.69, 9.17) is 14.7 Å². The lowest BCUT2D eigenvalue weighted by Crippen LogP contribution is -2.40. The molecular weight excluding hydrogens is 447 g/mol. The molecule has 0 aromatic carbocycles. The summed E-state index contributed by atoms with van der Waals surface area (Å²) < 4.78 is 5.73. The molecule has 1 aromatic heterocycles. The van der Waals surface area contributed by atoms with Crippen molar-refractivity contribution in [3.05, 3.63) is 15.6 Å². The van der Waals surface area contributed by atoms with Gasteiger partial charge in [0.1, 0.15) is 0 Å². The second-order valence-electron chi connectivity index (χ2n) is 6.39. The van der Waals surface area contributed by atoms with Gasteiger partial charge in [0, 0.05) is 44.6 Å². The van der Waals surface area contributed by atoms with Crippen LogP contribution in [0.3, 0.4) is 0 Å². The molecule has 5 nitrogen and oxygen atoms in total. The third-order valence-electron chi connectivity index (χ3n) is 4.18. The molecule has 1 heterocycles.